The first kappa shape index (κ1) is 15.8. The summed E-state index contributed by atoms with van der Waals surface area (Å²) in [5.74, 6) is -1.57. The van der Waals surface area contributed by atoms with Gasteiger partial charge in [0.15, 0.2) is 11.7 Å². The molecule has 1 N–H and O–H groups in total. The van der Waals surface area contributed by atoms with Crippen molar-refractivity contribution in [2.75, 3.05) is 14.2 Å². The van der Waals surface area contributed by atoms with Crippen molar-refractivity contribution in [1.82, 2.24) is 4.90 Å². The second-order valence-electron chi connectivity index (χ2n) is 5.01. The van der Waals surface area contributed by atoms with Crippen molar-refractivity contribution in [1.29, 1.82) is 0 Å². The zero-order chi connectivity index (χ0) is 15.8. The molecular weight excluding hydrogens is 345 g/mol. The van der Waals surface area contributed by atoms with Crippen molar-refractivity contribution in [3.8, 4) is 5.75 Å². The minimum atomic E-state index is -1.91. The van der Waals surface area contributed by atoms with Gasteiger partial charge in [-0.1, -0.05) is 15.9 Å². The molecule has 1 aliphatic carbocycles. The lowest BCUT2D eigenvalue weighted by atomic mass is 10.0. The molecule has 1 aliphatic rings. The number of carbonyl (C=O) groups is 2. The van der Waals surface area contributed by atoms with Crippen molar-refractivity contribution < 1.29 is 23.8 Å². The maximum Gasteiger partial charge on any atom is 0.331 e. The van der Waals surface area contributed by atoms with Gasteiger partial charge < -0.3 is 14.7 Å². The molecule has 21 heavy (non-hydrogen) atoms. The topological polar surface area (TPSA) is 66.8 Å². The third kappa shape index (κ3) is 3.02. The molecule has 2 rings (SSSR count). The number of carboxylic acids is 1. The molecule has 0 saturated heterocycles. The number of hydrogen-bond donors (Lipinski definition) is 1. The zero-order valence-electron chi connectivity index (χ0n) is 11.6. The van der Waals surface area contributed by atoms with Crippen molar-refractivity contribution in [3.05, 3.63) is 28.2 Å². The van der Waals surface area contributed by atoms with Crippen LogP contribution in [0.2, 0.25) is 0 Å². The highest BCUT2D eigenvalue weighted by molar-refractivity contribution is 9.10. The Kier molecular flexibility index (Phi) is 4.22. The van der Waals surface area contributed by atoms with Crippen LogP contribution in [-0.2, 0) is 9.59 Å². The standard InChI is InChI=1S/C14H15BrFNO4/c1-17(13(20)14(16)5-6-14)11(12(18)19)9-7-8(21-2)3-4-10(9)15/h3-4,7,11H,5-6H2,1-2H3,(H,18,19). The Hall–Kier alpha value is -1.63. The lowest BCUT2D eigenvalue weighted by Crippen LogP contribution is -2.41. The van der Waals surface area contributed by atoms with Gasteiger partial charge in [0, 0.05) is 17.1 Å². The number of carboxylic acid groups (broad SMARTS) is 1. The summed E-state index contributed by atoms with van der Waals surface area (Å²) >= 11 is 3.26. The normalized spacial score (nSPS) is 17.0. The van der Waals surface area contributed by atoms with Gasteiger partial charge in [0.1, 0.15) is 5.75 Å². The third-order valence-corrected chi connectivity index (χ3v) is 4.23. The van der Waals surface area contributed by atoms with Crippen LogP contribution in [0, 0.1) is 0 Å². The number of carbonyl (C=O) groups excluding carboxylic acids is 1. The van der Waals surface area contributed by atoms with Gasteiger partial charge >= 0.3 is 5.97 Å². The van der Waals surface area contributed by atoms with Gasteiger partial charge in [-0.2, -0.15) is 0 Å². The molecule has 0 aromatic heterocycles. The smallest absolute Gasteiger partial charge is 0.331 e. The Balaban J connectivity index is 2.39. The predicted molar refractivity (Wildman–Crippen MR) is 76.9 cm³/mol. The van der Waals surface area contributed by atoms with Crippen LogP contribution in [0.5, 0.6) is 5.75 Å². The molecule has 7 heteroatoms. The Morgan fingerprint density at radius 2 is 2.10 bits per heavy atom. The van der Waals surface area contributed by atoms with E-state index in [2.05, 4.69) is 15.9 Å². The third-order valence-electron chi connectivity index (χ3n) is 3.51. The molecule has 1 aromatic carbocycles. The van der Waals surface area contributed by atoms with Gasteiger partial charge in [0.2, 0.25) is 0 Å². The average Bonchev–Trinajstić information content (AvgIpc) is 3.19. The van der Waals surface area contributed by atoms with E-state index in [1.54, 1.807) is 12.1 Å². The molecule has 5 nitrogen and oxygen atoms in total. The second-order valence-corrected chi connectivity index (χ2v) is 5.86. The van der Waals surface area contributed by atoms with Crippen molar-refractivity contribution in [2.45, 2.75) is 24.6 Å². The van der Waals surface area contributed by atoms with Gasteiger partial charge in [-0.05, 0) is 31.0 Å². The molecule has 1 saturated carbocycles. The highest BCUT2D eigenvalue weighted by Gasteiger charge is 2.53. The largest absolute Gasteiger partial charge is 0.497 e. The summed E-state index contributed by atoms with van der Waals surface area (Å²) in [5.41, 5.74) is -1.57. The van der Waals surface area contributed by atoms with Gasteiger partial charge in [-0.3, -0.25) is 4.79 Å². The molecule has 0 spiro atoms. The number of rotatable bonds is 5. The van der Waals surface area contributed by atoms with Crippen LogP contribution < -0.4 is 4.74 Å². The number of benzene rings is 1. The van der Waals surface area contributed by atoms with Gasteiger partial charge in [0.25, 0.3) is 5.91 Å². The van der Waals surface area contributed by atoms with E-state index in [0.717, 1.165) is 4.90 Å². The van der Waals surface area contributed by atoms with Gasteiger partial charge in [-0.25, -0.2) is 9.18 Å². The Morgan fingerprint density at radius 1 is 1.48 bits per heavy atom. The van der Waals surface area contributed by atoms with E-state index in [-0.39, 0.29) is 12.8 Å². The average molecular weight is 360 g/mol. The molecule has 1 atom stereocenters. The molecule has 0 aliphatic heterocycles. The number of amides is 1. The van der Waals surface area contributed by atoms with E-state index in [4.69, 9.17) is 4.74 Å². The number of hydrogen-bond acceptors (Lipinski definition) is 3. The van der Waals surface area contributed by atoms with Crippen LogP contribution in [0.25, 0.3) is 0 Å². The summed E-state index contributed by atoms with van der Waals surface area (Å²) in [4.78, 5) is 24.6. The predicted octanol–water partition coefficient (Wildman–Crippen LogP) is 2.54. The zero-order valence-corrected chi connectivity index (χ0v) is 13.2. The molecule has 0 bridgehead atoms. The summed E-state index contributed by atoms with van der Waals surface area (Å²) in [6.07, 6.45) is 0.281. The second kappa shape index (κ2) is 5.63. The first-order valence-electron chi connectivity index (χ1n) is 6.32. The minimum Gasteiger partial charge on any atom is -0.497 e. The van der Waals surface area contributed by atoms with Crippen LogP contribution in [0.4, 0.5) is 4.39 Å². The van der Waals surface area contributed by atoms with Gasteiger partial charge in [-0.15, -0.1) is 0 Å². The number of halogens is 2. The van der Waals surface area contributed by atoms with E-state index in [1.807, 2.05) is 0 Å². The Labute approximate surface area is 129 Å². The van der Waals surface area contributed by atoms with E-state index in [0.29, 0.717) is 15.8 Å². The van der Waals surface area contributed by atoms with Crippen LogP contribution >= 0.6 is 15.9 Å². The molecule has 0 heterocycles. The molecular formula is C14H15BrFNO4. The number of methoxy groups -OCH3 is 1. The first-order chi connectivity index (χ1) is 9.80. The van der Waals surface area contributed by atoms with Crippen molar-refractivity contribution >= 4 is 27.8 Å². The van der Waals surface area contributed by atoms with E-state index in [9.17, 15) is 19.1 Å². The summed E-state index contributed by atoms with van der Waals surface area (Å²) in [6, 6.07) is 3.52. The highest BCUT2D eigenvalue weighted by atomic mass is 79.9. The number of ether oxygens (including phenoxy) is 1. The number of alkyl halides is 1. The summed E-state index contributed by atoms with van der Waals surface area (Å²) in [6.45, 7) is 0. The molecule has 1 amide bonds. The maximum atomic E-state index is 13.9. The maximum absolute atomic E-state index is 13.9. The lowest BCUT2D eigenvalue weighted by Gasteiger charge is -2.27. The number of nitrogens with zero attached hydrogens (tertiary/aromatic N) is 1. The molecule has 1 aromatic rings. The van der Waals surface area contributed by atoms with Gasteiger partial charge in [0.05, 0.1) is 7.11 Å². The van der Waals surface area contributed by atoms with Crippen molar-refractivity contribution in [3.63, 3.8) is 0 Å². The Bertz CT molecular complexity index is 588. The minimum absolute atomic E-state index is 0.141. The number of aliphatic carboxylic acids is 1. The fourth-order valence-corrected chi connectivity index (χ4v) is 2.59. The van der Waals surface area contributed by atoms with Crippen LogP contribution in [0.15, 0.2) is 22.7 Å². The monoisotopic (exact) mass is 359 g/mol. The molecule has 1 unspecified atom stereocenters. The first-order valence-corrected chi connectivity index (χ1v) is 7.12. The van der Waals surface area contributed by atoms with Crippen LogP contribution in [-0.4, -0.2) is 41.7 Å². The van der Waals surface area contributed by atoms with E-state index >= 15 is 0 Å². The fourth-order valence-electron chi connectivity index (χ4n) is 2.12. The van der Waals surface area contributed by atoms with Crippen molar-refractivity contribution in [2.24, 2.45) is 0 Å². The molecule has 1 fully saturated rings. The SMILES string of the molecule is COc1ccc(Br)c(C(C(=O)O)N(C)C(=O)C2(F)CC2)c1. The lowest BCUT2D eigenvalue weighted by molar-refractivity contribution is -0.152. The fraction of sp³-hybridized carbons (Fsp3) is 0.429. The number of likely N-dealkylation sites (N-methyl/N-ethyl adjacent to an activating group) is 1. The van der Waals surface area contributed by atoms with Crippen LogP contribution in [0.3, 0.4) is 0 Å². The molecule has 114 valence electrons. The highest BCUT2D eigenvalue weighted by Crippen LogP contribution is 2.43. The summed E-state index contributed by atoms with van der Waals surface area (Å²) in [7, 11) is 2.76. The Morgan fingerprint density at radius 3 is 2.57 bits per heavy atom. The van der Waals surface area contributed by atoms with E-state index in [1.165, 1.54) is 20.2 Å². The molecule has 0 radical (unpaired) electrons. The van der Waals surface area contributed by atoms with Crippen LogP contribution in [0.1, 0.15) is 24.4 Å². The summed E-state index contributed by atoms with van der Waals surface area (Å²) in [5, 5.41) is 9.44. The summed E-state index contributed by atoms with van der Waals surface area (Å²) < 4.78 is 19.5. The quantitative estimate of drug-likeness (QED) is 0.877. The van der Waals surface area contributed by atoms with E-state index < -0.39 is 23.6 Å².